The van der Waals surface area contributed by atoms with Crippen molar-refractivity contribution in [3.05, 3.63) is 12.2 Å². The van der Waals surface area contributed by atoms with E-state index >= 15 is 0 Å². The molecule has 4 atom stereocenters. The van der Waals surface area contributed by atoms with Crippen LogP contribution >= 0.6 is 0 Å². The Morgan fingerprint density at radius 3 is 2.08 bits per heavy atom. The molecule has 3 aliphatic heterocycles. The molecule has 0 aliphatic carbocycles. The molecule has 0 N–H and O–H groups in total. The third-order valence-corrected chi connectivity index (χ3v) is 3.13. The Hall–Kier alpha value is -1.16. The van der Waals surface area contributed by atoms with Gasteiger partial charge >= 0.3 is 0 Å². The van der Waals surface area contributed by atoms with Gasteiger partial charge in [-0.1, -0.05) is 12.2 Å². The molecule has 4 heteroatoms. The number of ether oxygens (including phenoxy) is 1. The number of rotatable bonds is 0. The maximum Gasteiger partial charge on any atom is 0.235 e. The first-order valence-electron chi connectivity index (χ1n) is 4.35. The van der Waals surface area contributed by atoms with Crippen LogP contribution in [0.4, 0.5) is 0 Å². The molecule has 0 unspecified atom stereocenters. The summed E-state index contributed by atoms with van der Waals surface area (Å²) in [7, 11) is 1.54. The van der Waals surface area contributed by atoms with E-state index in [1.807, 2.05) is 12.2 Å². The predicted octanol–water partition coefficient (Wildman–Crippen LogP) is -0.445. The van der Waals surface area contributed by atoms with E-state index in [2.05, 4.69) is 0 Å². The lowest BCUT2D eigenvalue weighted by Gasteiger charge is -2.10. The number of fused-ring (bicyclic) bond motifs is 5. The maximum absolute atomic E-state index is 11.6. The van der Waals surface area contributed by atoms with Gasteiger partial charge in [0.05, 0.1) is 24.0 Å². The number of hydrogen-bond acceptors (Lipinski definition) is 3. The quantitative estimate of drug-likeness (QED) is 0.374. The summed E-state index contributed by atoms with van der Waals surface area (Å²) in [5, 5.41) is 0. The van der Waals surface area contributed by atoms with Gasteiger partial charge in [0, 0.05) is 7.05 Å². The van der Waals surface area contributed by atoms with Gasteiger partial charge in [-0.3, -0.25) is 14.5 Å². The Morgan fingerprint density at radius 2 is 1.62 bits per heavy atom. The van der Waals surface area contributed by atoms with E-state index in [4.69, 9.17) is 4.74 Å². The molecule has 0 aromatic heterocycles. The average Bonchev–Trinajstić information content (AvgIpc) is 2.76. The second-order valence-electron chi connectivity index (χ2n) is 3.74. The highest BCUT2D eigenvalue weighted by Crippen LogP contribution is 2.44. The molecule has 4 nitrogen and oxygen atoms in total. The van der Waals surface area contributed by atoms with E-state index in [-0.39, 0.29) is 35.9 Å². The van der Waals surface area contributed by atoms with E-state index in [0.717, 1.165) is 0 Å². The number of imide groups is 1. The second-order valence-corrected chi connectivity index (χ2v) is 3.74. The highest BCUT2D eigenvalue weighted by Gasteiger charge is 2.59. The number of nitrogens with zero attached hydrogens (tertiary/aromatic N) is 1. The predicted molar refractivity (Wildman–Crippen MR) is 42.6 cm³/mol. The van der Waals surface area contributed by atoms with Crippen molar-refractivity contribution in [2.45, 2.75) is 12.2 Å². The summed E-state index contributed by atoms with van der Waals surface area (Å²) >= 11 is 0. The van der Waals surface area contributed by atoms with Crippen LogP contribution in [-0.4, -0.2) is 36.0 Å². The van der Waals surface area contributed by atoms with E-state index < -0.39 is 0 Å². The Bertz CT molecular complexity index is 306. The van der Waals surface area contributed by atoms with Crippen molar-refractivity contribution >= 4 is 11.8 Å². The molecule has 0 radical (unpaired) electrons. The Kier molecular flexibility index (Phi) is 1.12. The van der Waals surface area contributed by atoms with Gasteiger partial charge in [0.15, 0.2) is 0 Å². The lowest BCUT2D eigenvalue weighted by atomic mass is 9.85. The van der Waals surface area contributed by atoms with Crippen LogP contribution in [0.1, 0.15) is 0 Å². The van der Waals surface area contributed by atoms with E-state index in [1.54, 1.807) is 7.05 Å². The molecule has 0 saturated carbocycles. The van der Waals surface area contributed by atoms with Gasteiger partial charge in [0.2, 0.25) is 11.8 Å². The zero-order chi connectivity index (χ0) is 9.16. The zero-order valence-electron chi connectivity index (χ0n) is 7.14. The summed E-state index contributed by atoms with van der Waals surface area (Å²) < 4.78 is 5.45. The molecule has 13 heavy (non-hydrogen) atoms. The normalized spacial score (nSPS) is 46.4. The molecule has 68 valence electrons. The van der Waals surface area contributed by atoms with Crippen molar-refractivity contribution < 1.29 is 14.3 Å². The number of likely N-dealkylation sites (tertiary alicyclic amines) is 1. The minimum atomic E-state index is -0.243. The van der Waals surface area contributed by atoms with Gasteiger partial charge in [-0.05, 0) is 0 Å². The molecule has 2 amide bonds. The number of amides is 2. The van der Waals surface area contributed by atoms with Crippen LogP contribution in [0.15, 0.2) is 12.2 Å². The Morgan fingerprint density at radius 1 is 1.15 bits per heavy atom. The lowest BCUT2D eigenvalue weighted by Crippen LogP contribution is -2.30. The van der Waals surface area contributed by atoms with Crippen LogP contribution < -0.4 is 0 Å². The molecule has 2 bridgehead atoms. The highest BCUT2D eigenvalue weighted by atomic mass is 16.5. The number of carbonyl (C=O) groups excluding carboxylic acids is 2. The highest BCUT2D eigenvalue weighted by molar-refractivity contribution is 6.06. The molecule has 0 aromatic carbocycles. The zero-order valence-corrected chi connectivity index (χ0v) is 7.14. The van der Waals surface area contributed by atoms with Crippen LogP contribution in [0.25, 0.3) is 0 Å². The van der Waals surface area contributed by atoms with Gasteiger partial charge in [-0.15, -0.1) is 0 Å². The number of carbonyl (C=O) groups is 2. The molecule has 3 heterocycles. The van der Waals surface area contributed by atoms with E-state index in [0.29, 0.717) is 0 Å². The standard InChI is InChI=1S/C9H9NO3/c1-10-8(11)6-4-2-3-5(13-4)7(6)9(10)12/h2-7H,1H3/t4-,5-,6-,7-/m1/s1. The summed E-state index contributed by atoms with van der Waals surface area (Å²) in [5.74, 6) is -0.668. The largest absolute Gasteiger partial charge is 0.365 e. The minimum absolute atomic E-state index is 0.0909. The van der Waals surface area contributed by atoms with Crippen LogP contribution in [0.2, 0.25) is 0 Å². The molecule has 0 spiro atoms. The molecule has 3 rings (SSSR count). The van der Waals surface area contributed by atoms with Crippen LogP contribution in [0.5, 0.6) is 0 Å². The SMILES string of the molecule is CN1C(=O)[C@H]2[C@H](C1=O)[C@H]1C=C[C@H]2O1. The molecule has 2 saturated heterocycles. The first kappa shape index (κ1) is 7.26. The molecule has 2 fully saturated rings. The first-order chi connectivity index (χ1) is 6.20. The molecular formula is C9H9NO3. The van der Waals surface area contributed by atoms with Crippen molar-refractivity contribution in [3.63, 3.8) is 0 Å². The molecular weight excluding hydrogens is 170 g/mol. The first-order valence-corrected chi connectivity index (χ1v) is 4.35. The van der Waals surface area contributed by atoms with Crippen molar-refractivity contribution in [1.82, 2.24) is 4.90 Å². The van der Waals surface area contributed by atoms with Gasteiger partial charge in [-0.2, -0.15) is 0 Å². The van der Waals surface area contributed by atoms with Gasteiger partial charge < -0.3 is 4.74 Å². The summed E-state index contributed by atoms with van der Waals surface area (Å²) in [4.78, 5) is 24.4. The van der Waals surface area contributed by atoms with Crippen LogP contribution in [-0.2, 0) is 14.3 Å². The van der Waals surface area contributed by atoms with Crippen LogP contribution in [0.3, 0.4) is 0 Å². The molecule has 3 aliphatic rings. The lowest BCUT2D eigenvalue weighted by molar-refractivity contribution is -0.140. The third kappa shape index (κ3) is 0.659. The van der Waals surface area contributed by atoms with Gasteiger partial charge in [-0.25, -0.2) is 0 Å². The van der Waals surface area contributed by atoms with Gasteiger partial charge in [0.1, 0.15) is 0 Å². The fourth-order valence-corrected chi connectivity index (χ4v) is 2.45. The van der Waals surface area contributed by atoms with E-state index in [1.165, 1.54) is 4.90 Å². The fourth-order valence-electron chi connectivity index (χ4n) is 2.45. The van der Waals surface area contributed by atoms with Crippen LogP contribution in [0, 0.1) is 11.8 Å². The minimum Gasteiger partial charge on any atom is -0.365 e. The summed E-state index contributed by atoms with van der Waals surface area (Å²) in [6, 6.07) is 0. The Balaban J connectivity index is 2.08. The Labute approximate surface area is 75.1 Å². The van der Waals surface area contributed by atoms with Crippen molar-refractivity contribution in [2.24, 2.45) is 11.8 Å². The van der Waals surface area contributed by atoms with Crippen molar-refractivity contribution in [3.8, 4) is 0 Å². The maximum atomic E-state index is 11.6. The molecule has 0 aromatic rings. The summed E-state index contributed by atoms with van der Waals surface area (Å²) in [6.07, 6.45) is 3.46. The fraction of sp³-hybridized carbons (Fsp3) is 0.556. The number of hydrogen-bond donors (Lipinski definition) is 0. The van der Waals surface area contributed by atoms with Crippen molar-refractivity contribution in [1.29, 1.82) is 0 Å². The summed E-state index contributed by atoms with van der Waals surface area (Å²) in [5.41, 5.74) is 0. The topological polar surface area (TPSA) is 46.6 Å². The second kappa shape index (κ2) is 2.01. The third-order valence-electron chi connectivity index (χ3n) is 3.13. The van der Waals surface area contributed by atoms with E-state index in [9.17, 15) is 9.59 Å². The van der Waals surface area contributed by atoms with Crippen molar-refractivity contribution in [2.75, 3.05) is 7.05 Å². The van der Waals surface area contributed by atoms with Gasteiger partial charge in [0.25, 0.3) is 0 Å². The average molecular weight is 179 g/mol. The smallest absolute Gasteiger partial charge is 0.235 e. The summed E-state index contributed by atoms with van der Waals surface area (Å²) in [6.45, 7) is 0. The monoisotopic (exact) mass is 179 g/mol.